The molecular weight excluding hydrogens is 408 g/mol. The van der Waals surface area contributed by atoms with E-state index in [9.17, 15) is 5.11 Å². The molecule has 4 aromatic rings. The molecule has 1 saturated heterocycles. The molecule has 33 heavy (non-hydrogen) atoms. The average molecular weight is 439 g/mol. The van der Waals surface area contributed by atoms with Crippen molar-refractivity contribution in [3.8, 4) is 5.88 Å². The third kappa shape index (κ3) is 4.50. The number of aromatic nitrogens is 1. The minimum absolute atomic E-state index is 0.191. The molecule has 1 aromatic heterocycles. The topological polar surface area (TPSA) is 54.4 Å². The maximum atomic E-state index is 12.3. The molecule has 1 aliphatic heterocycles. The molecule has 1 aliphatic rings. The molecule has 5 rings (SSSR count). The number of ether oxygens (including phenoxy) is 1. The van der Waals surface area contributed by atoms with Gasteiger partial charge >= 0.3 is 0 Å². The van der Waals surface area contributed by atoms with Gasteiger partial charge in [0, 0.05) is 22.9 Å². The molecule has 3 aromatic carbocycles. The summed E-state index contributed by atoms with van der Waals surface area (Å²) in [6.45, 7) is 0.765. The van der Waals surface area contributed by atoms with E-state index in [1.165, 1.54) is 5.56 Å². The molecule has 168 valence electrons. The van der Waals surface area contributed by atoms with Crippen molar-refractivity contribution in [1.82, 2.24) is 10.3 Å². The monoisotopic (exact) mass is 438 g/mol. The summed E-state index contributed by atoms with van der Waals surface area (Å²) < 4.78 is 5.78. The van der Waals surface area contributed by atoms with Crippen LogP contribution in [0.5, 0.6) is 5.88 Å². The second kappa shape index (κ2) is 9.34. The van der Waals surface area contributed by atoms with E-state index < -0.39 is 5.60 Å². The quantitative estimate of drug-likeness (QED) is 0.440. The molecule has 4 heteroatoms. The van der Waals surface area contributed by atoms with Gasteiger partial charge in [-0.15, -0.1) is 0 Å². The second-order valence-corrected chi connectivity index (χ2v) is 9.02. The summed E-state index contributed by atoms with van der Waals surface area (Å²) >= 11 is 0. The van der Waals surface area contributed by atoms with Gasteiger partial charge in [0.05, 0.1) is 18.2 Å². The Morgan fingerprint density at radius 2 is 1.70 bits per heavy atom. The number of para-hydroxylation sites is 1. The SMILES string of the molecule is COc1nc2ccccc2cc1C(c1ccccc1)C1(O)CCNC(Cc2ccccc2)C1. The van der Waals surface area contributed by atoms with E-state index in [0.29, 0.717) is 18.7 Å². The van der Waals surface area contributed by atoms with Crippen LogP contribution >= 0.6 is 0 Å². The van der Waals surface area contributed by atoms with E-state index in [1.807, 2.05) is 42.5 Å². The molecular formula is C29H30N2O2. The number of nitrogens with one attached hydrogen (secondary N) is 1. The van der Waals surface area contributed by atoms with E-state index in [-0.39, 0.29) is 12.0 Å². The molecule has 0 amide bonds. The fourth-order valence-corrected chi connectivity index (χ4v) is 5.31. The fraction of sp³-hybridized carbons (Fsp3) is 0.276. The van der Waals surface area contributed by atoms with Gasteiger partial charge < -0.3 is 15.2 Å². The fourth-order valence-electron chi connectivity index (χ4n) is 5.31. The Labute approximate surface area is 195 Å². The minimum Gasteiger partial charge on any atom is -0.481 e. The van der Waals surface area contributed by atoms with Gasteiger partial charge in [0.15, 0.2) is 0 Å². The maximum Gasteiger partial charge on any atom is 0.217 e. The second-order valence-electron chi connectivity index (χ2n) is 9.02. The predicted octanol–water partition coefficient (Wildman–Crippen LogP) is 5.10. The smallest absolute Gasteiger partial charge is 0.217 e. The number of rotatable bonds is 6. The van der Waals surface area contributed by atoms with Crippen molar-refractivity contribution in [2.75, 3.05) is 13.7 Å². The van der Waals surface area contributed by atoms with Crippen LogP contribution < -0.4 is 10.1 Å². The van der Waals surface area contributed by atoms with Crippen LogP contribution in [0.1, 0.15) is 35.4 Å². The van der Waals surface area contributed by atoms with Gasteiger partial charge in [-0.1, -0.05) is 78.9 Å². The van der Waals surface area contributed by atoms with E-state index in [4.69, 9.17) is 9.72 Å². The zero-order valence-electron chi connectivity index (χ0n) is 18.9. The van der Waals surface area contributed by atoms with E-state index in [2.05, 4.69) is 53.8 Å². The maximum absolute atomic E-state index is 12.3. The minimum atomic E-state index is -0.927. The van der Waals surface area contributed by atoms with Gasteiger partial charge in [-0.25, -0.2) is 4.98 Å². The van der Waals surface area contributed by atoms with Gasteiger partial charge in [0.1, 0.15) is 0 Å². The molecule has 0 aliphatic carbocycles. The van der Waals surface area contributed by atoms with Gasteiger partial charge in [-0.05, 0) is 49.1 Å². The number of hydrogen-bond donors (Lipinski definition) is 2. The number of benzene rings is 3. The number of nitrogens with zero attached hydrogens (tertiary/aromatic N) is 1. The zero-order chi connectivity index (χ0) is 22.7. The lowest BCUT2D eigenvalue weighted by Crippen LogP contribution is -2.52. The van der Waals surface area contributed by atoms with Crippen molar-refractivity contribution in [2.45, 2.75) is 36.8 Å². The van der Waals surface area contributed by atoms with Crippen LogP contribution in [0.2, 0.25) is 0 Å². The van der Waals surface area contributed by atoms with Crippen molar-refractivity contribution < 1.29 is 9.84 Å². The lowest BCUT2D eigenvalue weighted by Gasteiger charge is -2.43. The van der Waals surface area contributed by atoms with E-state index in [1.54, 1.807) is 7.11 Å². The number of hydrogen-bond acceptors (Lipinski definition) is 4. The molecule has 3 unspecified atom stereocenters. The highest BCUT2D eigenvalue weighted by Crippen LogP contribution is 2.45. The number of piperidine rings is 1. The standard InChI is InChI=1S/C29H30N2O2/c1-33-28-25(19-23-14-8-9-15-26(23)31-28)27(22-12-6-3-7-13-22)29(32)16-17-30-24(20-29)18-21-10-4-2-5-11-21/h2-15,19,24,27,30,32H,16-18,20H2,1H3. The van der Waals surface area contributed by atoms with Crippen molar-refractivity contribution in [3.05, 3.63) is 108 Å². The molecule has 0 spiro atoms. The van der Waals surface area contributed by atoms with Crippen LogP contribution in [0, 0.1) is 0 Å². The summed E-state index contributed by atoms with van der Waals surface area (Å²) in [6.07, 6.45) is 2.20. The van der Waals surface area contributed by atoms with Crippen molar-refractivity contribution in [2.24, 2.45) is 0 Å². The van der Waals surface area contributed by atoms with Crippen LogP contribution in [0.15, 0.2) is 91.0 Å². The Morgan fingerprint density at radius 3 is 2.45 bits per heavy atom. The molecule has 1 fully saturated rings. The van der Waals surface area contributed by atoms with Crippen LogP contribution in [-0.2, 0) is 6.42 Å². The summed E-state index contributed by atoms with van der Waals surface area (Å²) in [5.41, 5.74) is 3.26. The molecule has 0 saturated carbocycles. The highest BCUT2D eigenvalue weighted by Gasteiger charge is 2.44. The largest absolute Gasteiger partial charge is 0.481 e. The molecule has 0 radical (unpaired) electrons. The first-order valence-corrected chi connectivity index (χ1v) is 11.6. The summed E-state index contributed by atoms with van der Waals surface area (Å²) in [6, 6.07) is 31.2. The number of fused-ring (bicyclic) bond motifs is 1. The van der Waals surface area contributed by atoms with Crippen LogP contribution in [0.3, 0.4) is 0 Å². The van der Waals surface area contributed by atoms with Gasteiger partial charge in [0.2, 0.25) is 5.88 Å². The molecule has 0 bridgehead atoms. The number of methoxy groups -OCH3 is 1. The third-order valence-electron chi connectivity index (χ3n) is 6.81. The molecule has 4 nitrogen and oxygen atoms in total. The van der Waals surface area contributed by atoms with Crippen molar-refractivity contribution in [3.63, 3.8) is 0 Å². The highest BCUT2D eigenvalue weighted by molar-refractivity contribution is 5.80. The Bertz CT molecular complexity index is 1210. The Hall–Kier alpha value is -3.21. The Morgan fingerprint density at radius 1 is 1.00 bits per heavy atom. The molecule has 2 N–H and O–H groups in total. The summed E-state index contributed by atoms with van der Waals surface area (Å²) in [5, 5.41) is 16.9. The third-order valence-corrected chi connectivity index (χ3v) is 6.81. The van der Waals surface area contributed by atoms with Gasteiger partial charge in [0.25, 0.3) is 0 Å². The first kappa shape index (κ1) is 21.6. The summed E-state index contributed by atoms with van der Waals surface area (Å²) in [4.78, 5) is 4.80. The van der Waals surface area contributed by atoms with E-state index in [0.717, 1.165) is 35.0 Å². The highest BCUT2D eigenvalue weighted by atomic mass is 16.5. The Balaban J connectivity index is 1.58. The van der Waals surface area contributed by atoms with Crippen molar-refractivity contribution >= 4 is 10.9 Å². The lowest BCUT2D eigenvalue weighted by atomic mass is 9.70. The number of aliphatic hydroxyl groups is 1. The molecule has 3 atom stereocenters. The first-order valence-electron chi connectivity index (χ1n) is 11.6. The zero-order valence-corrected chi connectivity index (χ0v) is 18.9. The van der Waals surface area contributed by atoms with Crippen molar-refractivity contribution in [1.29, 1.82) is 0 Å². The Kier molecular flexibility index (Phi) is 6.12. The van der Waals surface area contributed by atoms with Crippen LogP contribution in [-0.4, -0.2) is 35.4 Å². The number of pyridine rings is 1. The predicted molar refractivity (Wildman–Crippen MR) is 133 cm³/mol. The average Bonchev–Trinajstić information content (AvgIpc) is 2.85. The first-order chi connectivity index (χ1) is 16.2. The van der Waals surface area contributed by atoms with Crippen LogP contribution in [0.4, 0.5) is 0 Å². The van der Waals surface area contributed by atoms with Gasteiger partial charge in [-0.3, -0.25) is 0 Å². The van der Waals surface area contributed by atoms with E-state index >= 15 is 0 Å². The normalized spacial score (nSPS) is 21.6. The lowest BCUT2D eigenvalue weighted by molar-refractivity contribution is -0.0191. The van der Waals surface area contributed by atoms with Crippen LogP contribution in [0.25, 0.3) is 10.9 Å². The summed E-state index contributed by atoms with van der Waals surface area (Å²) in [7, 11) is 1.66. The van der Waals surface area contributed by atoms with Gasteiger partial charge in [-0.2, -0.15) is 0 Å². The summed E-state index contributed by atoms with van der Waals surface area (Å²) in [5.74, 6) is 0.334. The molecule has 2 heterocycles.